The predicted molar refractivity (Wildman–Crippen MR) is 59.4 cm³/mol. The van der Waals surface area contributed by atoms with Crippen LogP contribution in [0.3, 0.4) is 0 Å². The highest BCUT2D eigenvalue weighted by atomic mass is 127. The van der Waals surface area contributed by atoms with E-state index in [1.165, 1.54) is 0 Å². The molecule has 0 aromatic heterocycles. The number of hydrogen-bond donors (Lipinski definition) is 0. The van der Waals surface area contributed by atoms with E-state index in [4.69, 9.17) is 0 Å². The van der Waals surface area contributed by atoms with Crippen LogP contribution in [0.5, 0.6) is 0 Å². The summed E-state index contributed by atoms with van der Waals surface area (Å²) in [5.41, 5.74) is -0.287. The van der Waals surface area contributed by atoms with E-state index in [0.29, 0.717) is 13.1 Å². The minimum Gasteiger partial charge on any atom is -0.299 e. The molecule has 1 nitrogen and oxygen atoms in total. The van der Waals surface area contributed by atoms with Gasteiger partial charge in [0.15, 0.2) is 5.67 Å². The number of likely N-dealkylation sites (tertiary alicyclic amines) is 1. The zero-order chi connectivity index (χ0) is 9.47. The van der Waals surface area contributed by atoms with Crippen molar-refractivity contribution in [2.75, 3.05) is 20.1 Å². The van der Waals surface area contributed by atoms with Gasteiger partial charge in [-0.25, -0.2) is 4.39 Å². The summed E-state index contributed by atoms with van der Waals surface area (Å²) in [6.45, 7) is 1.04. The van der Waals surface area contributed by atoms with Crippen molar-refractivity contribution in [2.24, 2.45) is 0 Å². The first-order valence-electron chi connectivity index (χ1n) is 4.24. The Balaban J connectivity index is 2.22. The molecule has 1 heterocycles. The average molecular weight is 291 g/mol. The van der Waals surface area contributed by atoms with Crippen molar-refractivity contribution in [1.82, 2.24) is 4.90 Å². The van der Waals surface area contributed by atoms with Crippen molar-refractivity contribution >= 4 is 22.6 Å². The Bertz CT molecular complexity index is 303. The highest BCUT2D eigenvalue weighted by molar-refractivity contribution is 14.1. The van der Waals surface area contributed by atoms with Crippen LogP contribution in [-0.2, 0) is 5.67 Å². The Morgan fingerprint density at radius 1 is 1.31 bits per heavy atom. The molecule has 13 heavy (non-hydrogen) atoms. The second-order valence-electron chi connectivity index (χ2n) is 3.64. The highest BCUT2D eigenvalue weighted by Gasteiger charge is 2.42. The largest absolute Gasteiger partial charge is 0.299 e. The predicted octanol–water partition coefficient (Wildman–Crippen LogP) is 2.40. The number of rotatable bonds is 1. The van der Waals surface area contributed by atoms with Crippen LogP contribution in [0.1, 0.15) is 5.56 Å². The van der Waals surface area contributed by atoms with E-state index in [9.17, 15) is 4.39 Å². The lowest BCUT2D eigenvalue weighted by Gasteiger charge is -2.42. The second-order valence-corrected chi connectivity index (χ2v) is 4.89. The van der Waals surface area contributed by atoms with Gasteiger partial charge in [0.25, 0.3) is 0 Å². The molecule has 0 N–H and O–H groups in total. The quantitative estimate of drug-likeness (QED) is 0.718. The molecule has 0 radical (unpaired) electrons. The normalized spacial score (nSPS) is 21.2. The molecule has 70 valence electrons. The van der Waals surface area contributed by atoms with Crippen LogP contribution in [0, 0.1) is 3.57 Å². The lowest BCUT2D eigenvalue weighted by atomic mass is 9.89. The third-order valence-corrected chi connectivity index (χ3v) is 3.12. The summed E-state index contributed by atoms with van der Waals surface area (Å²) >= 11 is 2.23. The van der Waals surface area contributed by atoms with Crippen molar-refractivity contribution in [2.45, 2.75) is 5.67 Å². The van der Waals surface area contributed by atoms with Crippen LogP contribution in [-0.4, -0.2) is 25.0 Å². The van der Waals surface area contributed by atoms with Crippen LogP contribution in [0.15, 0.2) is 24.3 Å². The summed E-state index contributed by atoms with van der Waals surface area (Å²) in [7, 11) is 1.94. The van der Waals surface area contributed by atoms with Gasteiger partial charge in [-0.3, -0.25) is 4.90 Å². The van der Waals surface area contributed by atoms with Crippen LogP contribution in [0.25, 0.3) is 0 Å². The first-order chi connectivity index (χ1) is 6.10. The molecular weight excluding hydrogens is 280 g/mol. The monoisotopic (exact) mass is 291 g/mol. The van der Waals surface area contributed by atoms with E-state index >= 15 is 0 Å². The molecule has 0 amide bonds. The van der Waals surface area contributed by atoms with Crippen LogP contribution in [0.2, 0.25) is 0 Å². The number of nitrogens with zero attached hydrogens (tertiary/aromatic N) is 1. The summed E-state index contributed by atoms with van der Waals surface area (Å²) in [6.07, 6.45) is 0. The van der Waals surface area contributed by atoms with Crippen molar-refractivity contribution in [3.63, 3.8) is 0 Å². The Morgan fingerprint density at radius 2 is 1.85 bits per heavy atom. The molecular formula is C10H11FIN. The summed E-state index contributed by atoms with van der Waals surface area (Å²) in [6, 6.07) is 7.68. The molecule has 0 bridgehead atoms. The first kappa shape index (κ1) is 9.40. The topological polar surface area (TPSA) is 3.24 Å². The number of hydrogen-bond acceptors (Lipinski definition) is 1. The lowest BCUT2D eigenvalue weighted by Crippen LogP contribution is -2.54. The maximum Gasteiger partial charge on any atom is 0.161 e. The van der Waals surface area contributed by atoms with Crippen molar-refractivity contribution in [1.29, 1.82) is 0 Å². The summed E-state index contributed by atoms with van der Waals surface area (Å²) in [5.74, 6) is 0. The maximum atomic E-state index is 14.0. The minimum absolute atomic E-state index is 0.521. The van der Waals surface area contributed by atoms with Gasteiger partial charge in [0, 0.05) is 16.7 Å². The van der Waals surface area contributed by atoms with Crippen LogP contribution in [0.4, 0.5) is 4.39 Å². The molecule has 3 heteroatoms. The highest BCUT2D eigenvalue weighted by Crippen LogP contribution is 2.34. The Hall–Kier alpha value is -0.160. The third kappa shape index (κ3) is 1.72. The van der Waals surface area contributed by atoms with E-state index in [-0.39, 0.29) is 0 Å². The molecule has 0 spiro atoms. The molecule has 2 rings (SSSR count). The fourth-order valence-electron chi connectivity index (χ4n) is 1.74. The molecule has 1 fully saturated rings. The van der Waals surface area contributed by atoms with Gasteiger partial charge < -0.3 is 0 Å². The molecule has 1 aliphatic heterocycles. The van der Waals surface area contributed by atoms with Crippen molar-refractivity contribution in [3.8, 4) is 0 Å². The molecule has 1 aliphatic rings. The lowest BCUT2D eigenvalue weighted by molar-refractivity contribution is -0.0194. The van der Waals surface area contributed by atoms with Gasteiger partial charge >= 0.3 is 0 Å². The third-order valence-electron chi connectivity index (χ3n) is 2.40. The van der Waals surface area contributed by atoms with Gasteiger partial charge in [0.05, 0.1) is 0 Å². The SMILES string of the molecule is CN1CC(F)(c2ccc(I)cc2)C1. The van der Waals surface area contributed by atoms with E-state index < -0.39 is 5.67 Å². The zero-order valence-corrected chi connectivity index (χ0v) is 9.58. The van der Waals surface area contributed by atoms with E-state index in [1.54, 1.807) is 0 Å². The van der Waals surface area contributed by atoms with E-state index in [0.717, 1.165) is 9.13 Å². The fraction of sp³-hybridized carbons (Fsp3) is 0.400. The van der Waals surface area contributed by atoms with Gasteiger partial charge in [0.1, 0.15) is 0 Å². The fourth-order valence-corrected chi connectivity index (χ4v) is 2.10. The molecule has 0 atom stereocenters. The van der Waals surface area contributed by atoms with Crippen molar-refractivity contribution < 1.29 is 4.39 Å². The van der Waals surface area contributed by atoms with Crippen LogP contribution < -0.4 is 0 Å². The van der Waals surface area contributed by atoms with Gasteiger partial charge in [-0.2, -0.15) is 0 Å². The van der Waals surface area contributed by atoms with Gasteiger partial charge in [-0.1, -0.05) is 12.1 Å². The van der Waals surface area contributed by atoms with Crippen LogP contribution >= 0.6 is 22.6 Å². The van der Waals surface area contributed by atoms with Gasteiger partial charge in [0.2, 0.25) is 0 Å². The molecule has 1 aromatic rings. The Kier molecular flexibility index (Phi) is 2.32. The Morgan fingerprint density at radius 3 is 2.31 bits per heavy atom. The Labute approximate surface area is 91.1 Å². The second kappa shape index (κ2) is 3.20. The van der Waals surface area contributed by atoms with E-state index in [2.05, 4.69) is 22.6 Å². The molecule has 0 aliphatic carbocycles. The standard InChI is InChI=1S/C10H11FIN/c1-13-6-10(11,7-13)8-2-4-9(12)5-3-8/h2-5H,6-7H2,1H3. The van der Waals surface area contributed by atoms with Gasteiger partial charge in [-0.15, -0.1) is 0 Å². The average Bonchev–Trinajstić information content (AvgIpc) is 2.03. The summed E-state index contributed by atoms with van der Waals surface area (Å²) in [5, 5.41) is 0. The van der Waals surface area contributed by atoms with E-state index in [1.807, 2.05) is 36.2 Å². The smallest absolute Gasteiger partial charge is 0.161 e. The summed E-state index contributed by atoms with van der Waals surface area (Å²) in [4.78, 5) is 1.98. The number of halogens is 2. The number of likely N-dealkylation sites (N-methyl/N-ethyl adjacent to an activating group) is 1. The summed E-state index contributed by atoms with van der Waals surface area (Å²) < 4.78 is 15.1. The molecule has 1 aromatic carbocycles. The molecule has 0 saturated carbocycles. The first-order valence-corrected chi connectivity index (χ1v) is 5.31. The zero-order valence-electron chi connectivity index (χ0n) is 7.43. The minimum atomic E-state index is -1.10. The number of benzene rings is 1. The number of alkyl halides is 1. The van der Waals surface area contributed by atoms with Crippen molar-refractivity contribution in [3.05, 3.63) is 33.4 Å². The maximum absolute atomic E-state index is 14.0. The molecule has 1 saturated heterocycles. The van der Waals surface area contributed by atoms with Gasteiger partial charge in [-0.05, 0) is 47.3 Å². The molecule has 0 unspecified atom stereocenters.